The van der Waals surface area contributed by atoms with Gasteiger partial charge in [0, 0.05) is 25.0 Å². The smallest absolute Gasteiger partial charge is 0.254 e. The average molecular weight is 289 g/mol. The Kier molecular flexibility index (Phi) is 6.80. The minimum Gasteiger partial charge on any atom is -0.396 e. The third-order valence-corrected chi connectivity index (χ3v) is 3.54. The first-order chi connectivity index (χ1) is 9.06. The van der Waals surface area contributed by atoms with Crippen molar-refractivity contribution in [1.29, 1.82) is 0 Å². The second kappa shape index (κ2) is 8.12. The number of carbonyl (C=O) groups excluding carboxylic acids is 1. The Morgan fingerprint density at radius 3 is 2.74 bits per heavy atom. The largest absolute Gasteiger partial charge is 0.396 e. The summed E-state index contributed by atoms with van der Waals surface area (Å²) < 4.78 is 26.5. The van der Waals surface area contributed by atoms with Crippen LogP contribution in [0.15, 0.2) is 12.1 Å². The van der Waals surface area contributed by atoms with E-state index in [-0.39, 0.29) is 17.7 Å². The lowest BCUT2D eigenvalue weighted by molar-refractivity contribution is 0.0952. The molecule has 0 aliphatic rings. The van der Waals surface area contributed by atoms with Gasteiger partial charge in [0.1, 0.15) is 11.6 Å². The molecule has 19 heavy (non-hydrogen) atoms. The van der Waals surface area contributed by atoms with Gasteiger partial charge in [0.05, 0.1) is 5.56 Å². The molecule has 1 rings (SSSR count). The average Bonchev–Trinajstić information content (AvgIpc) is 2.37. The van der Waals surface area contributed by atoms with E-state index in [4.69, 9.17) is 5.11 Å². The van der Waals surface area contributed by atoms with Gasteiger partial charge in [-0.25, -0.2) is 8.78 Å². The molecule has 0 saturated carbocycles. The van der Waals surface area contributed by atoms with Gasteiger partial charge in [-0.3, -0.25) is 4.79 Å². The summed E-state index contributed by atoms with van der Waals surface area (Å²) in [7, 11) is 0. The van der Waals surface area contributed by atoms with Crippen LogP contribution in [0.2, 0.25) is 0 Å². The molecular formula is C13H17F2NO2S. The number of hydrogen-bond donors (Lipinski definition) is 2. The third kappa shape index (κ3) is 5.16. The van der Waals surface area contributed by atoms with Crippen LogP contribution < -0.4 is 5.32 Å². The number of halogens is 2. The minimum absolute atomic E-state index is 0.140. The van der Waals surface area contributed by atoms with Crippen LogP contribution in [-0.4, -0.2) is 35.7 Å². The normalized spacial score (nSPS) is 10.5. The molecule has 0 saturated heterocycles. The van der Waals surface area contributed by atoms with Crippen LogP contribution in [0.5, 0.6) is 0 Å². The van der Waals surface area contributed by atoms with Crippen LogP contribution in [0.25, 0.3) is 0 Å². The quantitative estimate of drug-likeness (QED) is 0.756. The van der Waals surface area contributed by atoms with E-state index in [0.29, 0.717) is 18.7 Å². The highest BCUT2D eigenvalue weighted by Gasteiger charge is 2.13. The molecular weight excluding hydrogens is 272 g/mol. The van der Waals surface area contributed by atoms with Gasteiger partial charge in [-0.05, 0) is 30.7 Å². The fourth-order valence-corrected chi connectivity index (χ4v) is 2.22. The Morgan fingerprint density at radius 2 is 2.05 bits per heavy atom. The second-order valence-electron chi connectivity index (χ2n) is 4.03. The van der Waals surface area contributed by atoms with Crippen molar-refractivity contribution in [3.8, 4) is 0 Å². The molecule has 0 radical (unpaired) electrons. The lowest BCUT2D eigenvalue weighted by Gasteiger charge is -2.07. The van der Waals surface area contributed by atoms with Gasteiger partial charge in [-0.1, -0.05) is 0 Å². The fourth-order valence-electron chi connectivity index (χ4n) is 1.43. The number of aliphatic hydroxyl groups excluding tert-OH is 1. The van der Waals surface area contributed by atoms with Crippen molar-refractivity contribution >= 4 is 17.7 Å². The molecule has 0 bridgehead atoms. The van der Waals surface area contributed by atoms with E-state index in [2.05, 4.69) is 5.32 Å². The first-order valence-corrected chi connectivity index (χ1v) is 7.14. The topological polar surface area (TPSA) is 49.3 Å². The van der Waals surface area contributed by atoms with Crippen molar-refractivity contribution in [2.75, 3.05) is 24.7 Å². The number of aryl methyl sites for hydroxylation is 1. The third-order valence-electron chi connectivity index (χ3n) is 2.47. The molecule has 0 atom stereocenters. The standard InChI is InChI=1S/C13H17F2NO2S/c1-9-7-10(12(15)8-11(9)14)13(18)16-3-6-19-5-2-4-17/h7-8,17H,2-6H2,1H3,(H,16,18). The minimum atomic E-state index is -0.853. The first kappa shape index (κ1) is 15.9. The highest BCUT2D eigenvalue weighted by molar-refractivity contribution is 7.99. The number of hydrogen-bond acceptors (Lipinski definition) is 3. The van der Waals surface area contributed by atoms with Crippen molar-refractivity contribution in [2.24, 2.45) is 0 Å². The van der Waals surface area contributed by atoms with Crippen LogP contribution in [0.1, 0.15) is 22.3 Å². The van der Waals surface area contributed by atoms with E-state index in [9.17, 15) is 13.6 Å². The molecule has 0 unspecified atom stereocenters. The molecule has 0 fully saturated rings. The second-order valence-corrected chi connectivity index (χ2v) is 5.25. The maximum Gasteiger partial charge on any atom is 0.254 e. The number of benzene rings is 1. The van der Waals surface area contributed by atoms with Gasteiger partial charge in [-0.15, -0.1) is 0 Å². The van der Waals surface area contributed by atoms with Crippen LogP contribution in [0.4, 0.5) is 8.78 Å². The molecule has 1 aromatic rings. The van der Waals surface area contributed by atoms with Crippen LogP contribution in [0.3, 0.4) is 0 Å². The zero-order valence-corrected chi connectivity index (χ0v) is 11.5. The lowest BCUT2D eigenvalue weighted by atomic mass is 10.1. The predicted molar refractivity (Wildman–Crippen MR) is 72.5 cm³/mol. The van der Waals surface area contributed by atoms with Gasteiger partial charge < -0.3 is 10.4 Å². The highest BCUT2D eigenvalue weighted by atomic mass is 32.2. The maximum absolute atomic E-state index is 13.4. The lowest BCUT2D eigenvalue weighted by Crippen LogP contribution is -2.27. The summed E-state index contributed by atoms with van der Waals surface area (Å²) in [6.45, 7) is 2.04. The van der Waals surface area contributed by atoms with E-state index < -0.39 is 17.5 Å². The Labute approximate surface area is 115 Å². The van der Waals surface area contributed by atoms with Gasteiger partial charge in [0.2, 0.25) is 0 Å². The first-order valence-electron chi connectivity index (χ1n) is 5.98. The molecule has 106 valence electrons. The Hall–Kier alpha value is -1.14. The molecule has 0 aromatic heterocycles. The van der Waals surface area contributed by atoms with Gasteiger partial charge in [0.25, 0.3) is 5.91 Å². The Bertz CT molecular complexity index is 441. The SMILES string of the molecule is Cc1cc(C(=O)NCCSCCCO)c(F)cc1F. The molecule has 6 heteroatoms. The van der Waals surface area contributed by atoms with Crippen molar-refractivity contribution in [2.45, 2.75) is 13.3 Å². The number of rotatable bonds is 7. The summed E-state index contributed by atoms with van der Waals surface area (Å²) in [5, 5.41) is 11.2. The molecule has 0 aliphatic heterocycles. The number of carbonyl (C=O) groups is 1. The summed E-state index contributed by atoms with van der Waals surface area (Å²) in [4.78, 5) is 11.7. The van der Waals surface area contributed by atoms with Gasteiger partial charge in [-0.2, -0.15) is 11.8 Å². The van der Waals surface area contributed by atoms with Crippen LogP contribution in [0, 0.1) is 18.6 Å². The Balaban J connectivity index is 2.43. The van der Waals surface area contributed by atoms with E-state index >= 15 is 0 Å². The van der Waals surface area contributed by atoms with E-state index in [0.717, 1.165) is 11.8 Å². The predicted octanol–water partition coefficient (Wildman–Crippen LogP) is 2.12. The van der Waals surface area contributed by atoms with Crippen LogP contribution in [-0.2, 0) is 0 Å². The van der Waals surface area contributed by atoms with E-state index in [1.165, 1.54) is 13.0 Å². The maximum atomic E-state index is 13.4. The van der Waals surface area contributed by atoms with Crippen LogP contribution >= 0.6 is 11.8 Å². The number of aliphatic hydroxyl groups is 1. The zero-order valence-electron chi connectivity index (χ0n) is 10.7. The number of amides is 1. The van der Waals surface area contributed by atoms with Crippen molar-refractivity contribution < 1.29 is 18.7 Å². The molecule has 2 N–H and O–H groups in total. The van der Waals surface area contributed by atoms with Gasteiger partial charge >= 0.3 is 0 Å². The van der Waals surface area contributed by atoms with E-state index in [1.54, 1.807) is 11.8 Å². The molecule has 3 nitrogen and oxygen atoms in total. The van der Waals surface area contributed by atoms with Crippen molar-refractivity contribution in [3.05, 3.63) is 34.9 Å². The van der Waals surface area contributed by atoms with Gasteiger partial charge in [0.15, 0.2) is 0 Å². The van der Waals surface area contributed by atoms with E-state index in [1.807, 2.05) is 0 Å². The summed E-state index contributed by atoms with van der Waals surface area (Å²) in [6, 6.07) is 1.93. The summed E-state index contributed by atoms with van der Waals surface area (Å²) in [5.74, 6) is -0.547. The number of nitrogens with one attached hydrogen (secondary N) is 1. The van der Waals surface area contributed by atoms with Crippen molar-refractivity contribution in [1.82, 2.24) is 5.32 Å². The Morgan fingerprint density at radius 1 is 1.32 bits per heavy atom. The molecule has 1 amide bonds. The monoisotopic (exact) mass is 289 g/mol. The molecule has 1 aromatic carbocycles. The zero-order chi connectivity index (χ0) is 14.3. The fraction of sp³-hybridized carbons (Fsp3) is 0.462. The van der Waals surface area contributed by atoms with Crippen molar-refractivity contribution in [3.63, 3.8) is 0 Å². The highest BCUT2D eigenvalue weighted by Crippen LogP contribution is 2.14. The molecule has 0 spiro atoms. The molecule has 0 aliphatic carbocycles. The number of thioether (sulfide) groups is 1. The summed E-state index contributed by atoms with van der Waals surface area (Å²) in [6.07, 6.45) is 0.713. The summed E-state index contributed by atoms with van der Waals surface area (Å²) >= 11 is 1.60. The molecule has 0 heterocycles. The summed E-state index contributed by atoms with van der Waals surface area (Å²) in [5.41, 5.74) is 0.100.